The third-order valence-corrected chi connectivity index (χ3v) is 2.26. The van der Waals surface area contributed by atoms with E-state index in [0.717, 1.165) is 0 Å². The highest BCUT2D eigenvalue weighted by molar-refractivity contribution is 5.98. The molecule has 6 heteroatoms. The topological polar surface area (TPSA) is 78.9 Å². The number of ketones is 1. The summed E-state index contributed by atoms with van der Waals surface area (Å²) < 4.78 is 14.1. The lowest BCUT2D eigenvalue weighted by atomic mass is 9.97. The maximum Gasteiger partial charge on any atom is 0.334 e. The molecular formula is C11H18O6. The predicted octanol–water partition coefficient (Wildman–Crippen LogP) is 0.333. The summed E-state index contributed by atoms with van der Waals surface area (Å²) in [6.07, 6.45) is -1.02. The number of methoxy groups -OCH3 is 2. The average Bonchev–Trinajstić information content (AvgIpc) is 2.29. The van der Waals surface area contributed by atoms with Gasteiger partial charge >= 0.3 is 11.9 Å². The molecule has 0 amide bonds. The number of carbonyl (C=O) groups excluding carboxylic acids is 3. The molecule has 0 saturated carbocycles. The van der Waals surface area contributed by atoms with Crippen LogP contribution < -0.4 is 0 Å². The number of carbonyl (C=O) groups is 3. The number of hydrogen-bond donors (Lipinski definition) is 0. The van der Waals surface area contributed by atoms with Crippen molar-refractivity contribution in [3.63, 3.8) is 0 Å². The molecule has 17 heavy (non-hydrogen) atoms. The molecular weight excluding hydrogens is 228 g/mol. The molecule has 0 aliphatic heterocycles. The van der Waals surface area contributed by atoms with E-state index in [1.807, 2.05) is 0 Å². The summed E-state index contributed by atoms with van der Waals surface area (Å²) >= 11 is 0. The zero-order chi connectivity index (χ0) is 13.4. The summed E-state index contributed by atoms with van der Waals surface area (Å²) in [7, 11) is 2.52. The van der Waals surface area contributed by atoms with Crippen LogP contribution in [0.3, 0.4) is 0 Å². The highest BCUT2D eigenvalue weighted by atomic mass is 16.6. The molecule has 0 unspecified atom stereocenters. The fourth-order valence-corrected chi connectivity index (χ4v) is 1.31. The van der Waals surface area contributed by atoms with E-state index in [0.29, 0.717) is 0 Å². The third-order valence-electron chi connectivity index (χ3n) is 2.26. The van der Waals surface area contributed by atoms with E-state index in [2.05, 4.69) is 4.74 Å². The maximum atomic E-state index is 11.5. The first-order chi connectivity index (χ1) is 7.97. The molecule has 0 aromatic rings. The molecule has 0 aliphatic carbocycles. The van der Waals surface area contributed by atoms with Gasteiger partial charge in [0.05, 0.1) is 13.7 Å². The van der Waals surface area contributed by atoms with Crippen molar-refractivity contribution in [2.75, 3.05) is 20.8 Å². The van der Waals surface area contributed by atoms with Gasteiger partial charge < -0.3 is 14.2 Å². The summed E-state index contributed by atoms with van der Waals surface area (Å²) in [5.74, 6) is -2.64. The Labute approximate surface area is 100 Å². The molecule has 2 atom stereocenters. The molecule has 0 rings (SSSR count). The highest BCUT2D eigenvalue weighted by Gasteiger charge is 2.31. The fraction of sp³-hybridized carbons (Fsp3) is 0.727. The summed E-state index contributed by atoms with van der Waals surface area (Å²) in [6.45, 7) is 3.09. The minimum absolute atomic E-state index is 0.0721. The van der Waals surface area contributed by atoms with E-state index in [1.165, 1.54) is 21.1 Å². The zero-order valence-electron chi connectivity index (χ0n) is 10.5. The Morgan fingerprint density at radius 3 is 2.06 bits per heavy atom. The molecule has 0 bridgehead atoms. The first kappa shape index (κ1) is 15.6. The average molecular weight is 246 g/mol. The number of esters is 2. The van der Waals surface area contributed by atoms with Crippen LogP contribution in [0.15, 0.2) is 0 Å². The Bertz CT molecular complexity index is 286. The Kier molecular flexibility index (Phi) is 7.13. The molecule has 0 aliphatic rings. The molecule has 0 heterocycles. The minimum Gasteiger partial charge on any atom is -0.467 e. The first-order valence-electron chi connectivity index (χ1n) is 5.25. The van der Waals surface area contributed by atoms with Gasteiger partial charge in [0.1, 0.15) is 11.7 Å². The Morgan fingerprint density at radius 1 is 1.12 bits per heavy atom. The van der Waals surface area contributed by atoms with E-state index in [1.54, 1.807) is 6.92 Å². The van der Waals surface area contributed by atoms with Gasteiger partial charge in [-0.05, 0) is 13.8 Å². The van der Waals surface area contributed by atoms with Crippen LogP contribution >= 0.6 is 0 Å². The van der Waals surface area contributed by atoms with Crippen LogP contribution in [0.5, 0.6) is 0 Å². The van der Waals surface area contributed by atoms with Crippen molar-refractivity contribution < 1.29 is 28.6 Å². The van der Waals surface area contributed by atoms with Gasteiger partial charge in [-0.1, -0.05) is 0 Å². The summed E-state index contributed by atoms with van der Waals surface area (Å²) in [5, 5.41) is 0. The molecule has 98 valence electrons. The van der Waals surface area contributed by atoms with E-state index in [4.69, 9.17) is 9.47 Å². The van der Waals surface area contributed by atoms with E-state index < -0.39 is 24.0 Å². The van der Waals surface area contributed by atoms with Gasteiger partial charge in [0.15, 0.2) is 6.10 Å². The van der Waals surface area contributed by atoms with Crippen molar-refractivity contribution in [2.45, 2.75) is 26.4 Å². The zero-order valence-corrected chi connectivity index (χ0v) is 10.5. The van der Waals surface area contributed by atoms with Crippen molar-refractivity contribution in [1.82, 2.24) is 0 Å². The van der Waals surface area contributed by atoms with Gasteiger partial charge in [0.25, 0.3) is 0 Å². The Hall–Kier alpha value is -1.43. The SMILES string of the molecule is CCOC(=O)[C@H](C[C@H](OC)C(=O)OC)C(C)=O. The van der Waals surface area contributed by atoms with Crippen LogP contribution in [0, 0.1) is 5.92 Å². The van der Waals surface area contributed by atoms with E-state index >= 15 is 0 Å². The quantitative estimate of drug-likeness (QED) is 0.476. The summed E-state index contributed by atoms with van der Waals surface area (Å²) in [6, 6.07) is 0. The van der Waals surface area contributed by atoms with Gasteiger partial charge in [-0.2, -0.15) is 0 Å². The second kappa shape index (κ2) is 7.78. The van der Waals surface area contributed by atoms with Crippen molar-refractivity contribution in [3.05, 3.63) is 0 Å². The Morgan fingerprint density at radius 2 is 1.71 bits per heavy atom. The Balaban J connectivity index is 4.68. The molecule has 0 fully saturated rings. The van der Waals surface area contributed by atoms with Crippen LogP contribution in [0.4, 0.5) is 0 Å². The lowest BCUT2D eigenvalue weighted by Crippen LogP contribution is -2.33. The maximum absolute atomic E-state index is 11.5. The van der Waals surface area contributed by atoms with Crippen molar-refractivity contribution in [1.29, 1.82) is 0 Å². The fourth-order valence-electron chi connectivity index (χ4n) is 1.31. The van der Waals surface area contributed by atoms with Gasteiger partial charge in [0.2, 0.25) is 0 Å². The van der Waals surface area contributed by atoms with Crippen LogP contribution in [-0.4, -0.2) is 44.7 Å². The summed E-state index contributed by atoms with van der Waals surface area (Å²) in [5.41, 5.74) is 0. The van der Waals surface area contributed by atoms with Gasteiger partial charge in [-0.25, -0.2) is 4.79 Å². The highest BCUT2D eigenvalue weighted by Crippen LogP contribution is 2.14. The molecule has 6 nitrogen and oxygen atoms in total. The lowest BCUT2D eigenvalue weighted by molar-refractivity contribution is -0.158. The van der Waals surface area contributed by atoms with Crippen molar-refractivity contribution >= 4 is 17.7 Å². The number of hydrogen-bond acceptors (Lipinski definition) is 6. The molecule has 0 aromatic heterocycles. The first-order valence-corrected chi connectivity index (χ1v) is 5.25. The van der Waals surface area contributed by atoms with E-state index in [9.17, 15) is 14.4 Å². The smallest absolute Gasteiger partial charge is 0.334 e. The lowest BCUT2D eigenvalue weighted by Gasteiger charge is -2.17. The van der Waals surface area contributed by atoms with E-state index in [-0.39, 0.29) is 18.8 Å². The molecule has 0 saturated heterocycles. The predicted molar refractivity (Wildman–Crippen MR) is 58.2 cm³/mol. The largest absolute Gasteiger partial charge is 0.467 e. The molecule has 0 N–H and O–H groups in total. The molecule has 0 radical (unpaired) electrons. The normalized spacial score (nSPS) is 13.6. The monoisotopic (exact) mass is 246 g/mol. The van der Waals surface area contributed by atoms with Crippen LogP contribution in [-0.2, 0) is 28.6 Å². The number of Topliss-reactive ketones (excluding diaryl/α,β-unsaturated/α-hetero) is 1. The van der Waals surface area contributed by atoms with Crippen molar-refractivity contribution in [3.8, 4) is 0 Å². The standard InChI is InChI=1S/C11H18O6/c1-5-17-10(13)8(7(2)12)6-9(15-3)11(14)16-4/h8-9H,5-6H2,1-4H3/t8-,9+/m1/s1. The second-order valence-electron chi connectivity index (χ2n) is 3.40. The van der Waals surface area contributed by atoms with Crippen molar-refractivity contribution in [2.24, 2.45) is 5.92 Å². The van der Waals surface area contributed by atoms with Crippen LogP contribution in [0.25, 0.3) is 0 Å². The molecule has 0 spiro atoms. The van der Waals surface area contributed by atoms with Gasteiger partial charge in [-0.15, -0.1) is 0 Å². The second-order valence-corrected chi connectivity index (χ2v) is 3.40. The van der Waals surface area contributed by atoms with Gasteiger partial charge in [0, 0.05) is 13.5 Å². The summed E-state index contributed by atoms with van der Waals surface area (Å²) in [4.78, 5) is 34.1. The third kappa shape index (κ3) is 4.95. The molecule has 0 aromatic carbocycles. The minimum atomic E-state index is -1.00. The number of ether oxygens (including phenoxy) is 3. The van der Waals surface area contributed by atoms with Crippen LogP contribution in [0.1, 0.15) is 20.3 Å². The van der Waals surface area contributed by atoms with Crippen LogP contribution in [0.2, 0.25) is 0 Å². The van der Waals surface area contributed by atoms with Gasteiger partial charge in [-0.3, -0.25) is 9.59 Å². The number of rotatable bonds is 7.